The Hall–Kier alpha value is -0.830. The van der Waals surface area contributed by atoms with Crippen LogP contribution in [0.3, 0.4) is 0 Å². The van der Waals surface area contributed by atoms with Gasteiger partial charge in [0.05, 0.1) is 4.47 Å². The first kappa shape index (κ1) is 9.71. The van der Waals surface area contributed by atoms with E-state index in [2.05, 4.69) is 28.1 Å². The lowest BCUT2D eigenvalue weighted by Crippen LogP contribution is -2.12. The summed E-state index contributed by atoms with van der Waals surface area (Å²) in [5.41, 5.74) is 0. The zero-order valence-electron chi connectivity index (χ0n) is 7.54. The average Bonchev–Trinajstić information content (AvgIpc) is 2.64. The molecule has 1 aromatic rings. The summed E-state index contributed by atoms with van der Waals surface area (Å²) in [6.45, 7) is 0. The Balaban J connectivity index is 2.15. The van der Waals surface area contributed by atoms with Gasteiger partial charge in [0.1, 0.15) is 6.10 Å². The highest BCUT2D eigenvalue weighted by Crippen LogP contribution is 2.30. The number of rotatable bonds is 2. The fraction of sp³-hybridized carbons (Fsp3) is 0.273. The lowest BCUT2D eigenvalue weighted by atomic mass is 10.3. The zero-order chi connectivity index (χ0) is 9.97. The van der Waals surface area contributed by atoms with Crippen LogP contribution in [-0.4, -0.2) is 6.10 Å². The van der Waals surface area contributed by atoms with Crippen LogP contribution in [0.2, 0.25) is 0 Å². The molecule has 1 nitrogen and oxygen atoms in total. The third-order valence-electron chi connectivity index (χ3n) is 2.17. The molecule has 0 aromatic heterocycles. The van der Waals surface area contributed by atoms with E-state index in [4.69, 9.17) is 4.74 Å². The molecule has 0 unspecified atom stereocenters. The maximum absolute atomic E-state index is 13.3. The van der Waals surface area contributed by atoms with Gasteiger partial charge in [0, 0.05) is 12.8 Å². The van der Waals surface area contributed by atoms with Crippen LogP contribution in [0.15, 0.2) is 34.8 Å². The van der Waals surface area contributed by atoms with Gasteiger partial charge in [-0.15, -0.1) is 0 Å². The maximum Gasteiger partial charge on any atom is 0.169 e. The zero-order valence-corrected chi connectivity index (χ0v) is 9.13. The molecule has 74 valence electrons. The summed E-state index contributed by atoms with van der Waals surface area (Å²) in [4.78, 5) is 0. The van der Waals surface area contributed by atoms with Crippen LogP contribution >= 0.6 is 15.9 Å². The van der Waals surface area contributed by atoms with Gasteiger partial charge in [-0.1, -0.05) is 18.2 Å². The van der Waals surface area contributed by atoms with Gasteiger partial charge in [-0.2, -0.15) is 0 Å². The highest BCUT2D eigenvalue weighted by atomic mass is 79.9. The van der Waals surface area contributed by atoms with Crippen molar-refractivity contribution in [1.29, 1.82) is 0 Å². The molecule has 14 heavy (non-hydrogen) atoms. The van der Waals surface area contributed by atoms with E-state index in [-0.39, 0.29) is 11.9 Å². The molecule has 0 N–H and O–H groups in total. The third kappa shape index (κ3) is 1.98. The highest BCUT2D eigenvalue weighted by molar-refractivity contribution is 9.10. The van der Waals surface area contributed by atoms with Crippen molar-refractivity contribution in [1.82, 2.24) is 0 Å². The molecule has 1 aromatic carbocycles. The monoisotopic (exact) mass is 256 g/mol. The summed E-state index contributed by atoms with van der Waals surface area (Å²) < 4.78 is 19.6. The molecule has 0 aliphatic heterocycles. The van der Waals surface area contributed by atoms with Gasteiger partial charge >= 0.3 is 0 Å². The number of para-hydroxylation sites is 1. The molecule has 0 heterocycles. The van der Waals surface area contributed by atoms with Crippen molar-refractivity contribution >= 4 is 15.9 Å². The van der Waals surface area contributed by atoms with E-state index in [1.54, 1.807) is 12.1 Å². The normalized spacial score (nSPS) is 16.1. The predicted octanol–water partition coefficient (Wildman–Crippen LogP) is 3.69. The minimum Gasteiger partial charge on any atom is -0.486 e. The molecule has 0 spiro atoms. The van der Waals surface area contributed by atoms with Crippen molar-refractivity contribution in [3.63, 3.8) is 0 Å². The average molecular weight is 257 g/mol. The molecule has 0 saturated heterocycles. The minimum absolute atomic E-state index is 0.0863. The lowest BCUT2D eigenvalue weighted by molar-refractivity contribution is 0.205. The van der Waals surface area contributed by atoms with Gasteiger partial charge in [-0.05, 0) is 28.1 Å². The summed E-state index contributed by atoms with van der Waals surface area (Å²) in [7, 11) is 0. The van der Waals surface area contributed by atoms with Crippen LogP contribution in [0.1, 0.15) is 12.8 Å². The first-order valence-electron chi connectivity index (χ1n) is 4.53. The maximum atomic E-state index is 13.3. The molecule has 0 amide bonds. The van der Waals surface area contributed by atoms with Gasteiger partial charge in [-0.25, -0.2) is 4.39 Å². The van der Waals surface area contributed by atoms with Crippen LogP contribution < -0.4 is 4.74 Å². The summed E-state index contributed by atoms with van der Waals surface area (Å²) in [5.74, 6) is 0.00692. The number of ether oxygens (including phenoxy) is 1. The van der Waals surface area contributed by atoms with Crippen LogP contribution in [-0.2, 0) is 0 Å². The predicted molar refractivity (Wildman–Crippen MR) is 56.9 cm³/mol. The van der Waals surface area contributed by atoms with Gasteiger partial charge in [0.25, 0.3) is 0 Å². The summed E-state index contributed by atoms with van der Waals surface area (Å²) in [5, 5.41) is 0. The Kier molecular flexibility index (Phi) is 2.87. The van der Waals surface area contributed by atoms with Crippen molar-refractivity contribution in [2.24, 2.45) is 0 Å². The molecule has 0 fully saturated rings. The fourth-order valence-corrected chi connectivity index (χ4v) is 1.89. The highest BCUT2D eigenvalue weighted by Gasteiger charge is 2.16. The van der Waals surface area contributed by atoms with E-state index < -0.39 is 0 Å². The first-order valence-corrected chi connectivity index (χ1v) is 5.32. The largest absolute Gasteiger partial charge is 0.486 e. The van der Waals surface area contributed by atoms with Crippen molar-refractivity contribution < 1.29 is 9.13 Å². The second-order valence-corrected chi connectivity index (χ2v) is 4.09. The van der Waals surface area contributed by atoms with Gasteiger partial charge in [-0.3, -0.25) is 0 Å². The Morgan fingerprint density at radius 1 is 1.29 bits per heavy atom. The van der Waals surface area contributed by atoms with E-state index in [0.717, 1.165) is 12.8 Å². The second-order valence-electron chi connectivity index (χ2n) is 3.23. The topological polar surface area (TPSA) is 9.23 Å². The number of halogens is 2. The van der Waals surface area contributed by atoms with E-state index in [9.17, 15) is 4.39 Å². The van der Waals surface area contributed by atoms with E-state index in [0.29, 0.717) is 10.2 Å². The van der Waals surface area contributed by atoms with Crippen LogP contribution in [0, 0.1) is 5.82 Å². The number of benzene rings is 1. The van der Waals surface area contributed by atoms with Gasteiger partial charge < -0.3 is 4.74 Å². The Morgan fingerprint density at radius 3 is 2.64 bits per heavy atom. The van der Waals surface area contributed by atoms with Crippen LogP contribution in [0.25, 0.3) is 0 Å². The molecular formula is C11H10BrFO. The molecule has 2 rings (SSSR count). The molecule has 1 aliphatic carbocycles. The van der Waals surface area contributed by atoms with Crippen molar-refractivity contribution in [3.05, 3.63) is 40.6 Å². The van der Waals surface area contributed by atoms with E-state index in [1.807, 2.05) is 0 Å². The fourth-order valence-electron chi connectivity index (χ4n) is 1.45. The second kappa shape index (κ2) is 4.13. The molecule has 1 aliphatic rings. The van der Waals surface area contributed by atoms with Crippen LogP contribution in [0.5, 0.6) is 5.75 Å². The van der Waals surface area contributed by atoms with E-state index >= 15 is 0 Å². The van der Waals surface area contributed by atoms with Gasteiger partial charge in [0.15, 0.2) is 11.6 Å². The van der Waals surface area contributed by atoms with Crippen molar-refractivity contribution in [3.8, 4) is 5.75 Å². The Bertz CT molecular complexity index is 334. The van der Waals surface area contributed by atoms with E-state index in [1.165, 1.54) is 6.07 Å². The Morgan fingerprint density at radius 2 is 2.00 bits per heavy atom. The molecule has 3 heteroatoms. The first-order chi connectivity index (χ1) is 6.77. The standard InChI is InChI=1S/C11H10BrFO/c12-9-6-3-7-10(13)11(9)14-8-4-1-2-5-8/h1-3,6-8H,4-5H2. The quantitative estimate of drug-likeness (QED) is 0.734. The van der Waals surface area contributed by atoms with Gasteiger partial charge in [0.2, 0.25) is 0 Å². The molecule has 0 saturated carbocycles. The SMILES string of the molecule is Fc1cccc(Br)c1OC1CC=CC1. The summed E-state index contributed by atoms with van der Waals surface area (Å²) >= 11 is 3.27. The summed E-state index contributed by atoms with van der Waals surface area (Å²) in [6, 6.07) is 4.84. The summed E-state index contributed by atoms with van der Waals surface area (Å²) in [6.07, 6.45) is 5.92. The molecule has 0 bridgehead atoms. The molecular weight excluding hydrogens is 247 g/mol. The third-order valence-corrected chi connectivity index (χ3v) is 2.79. The van der Waals surface area contributed by atoms with Crippen LogP contribution in [0.4, 0.5) is 4.39 Å². The lowest BCUT2D eigenvalue weighted by Gasteiger charge is -2.14. The smallest absolute Gasteiger partial charge is 0.169 e. The number of hydrogen-bond donors (Lipinski definition) is 0. The number of hydrogen-bond acceptors (Lipinski definition) is 1. The molecule has 0 atom stereocenters. The molecule has 0 radical (unpaired) electrons. The van der Waals surface area contributed by atoms with Crippen molar-refractivity contribution in [2.75, 3.05) is 0 Å². The minimum atomic E-state index is -0.314. The van der Waals surface area contributed by atoms with Crippen molar-refractivity contribution in [2.45, 2.75) is 18.9 Å². The Labute approximate surface area is 90.7 Å².